The van der Waals surface area contributed by atoms with E-state index in [1.807, 2.05) is 12.1 Å². The van der Waals surface area contributed by atoms with Gasteiger partial charge in [0.05, 0.1) is 11.9 Å². The molecule has 1 aromatic rings. The standard InChI is InChI=1S/C11H17N3O/c1-11(4-6-15-7-5-11)14-10-3-2-9(12)8-13-10/h2-3,8H,4-7,12H2,1H3,(H,13,14). The van der Waals surface area contributed by atoms with Gasteiger partial charge in [-0.15, -0.1) is 0 Å². The quantitative estimate of drug-likeness (QED) is 0.774. The number of aromatic nitrogens is 1. The lowest BCUT2D eigenvalue weighted by Crippen LogP contribution is -2.40. The highest BCUT2D eigenvalue weighted by Gasteiger charge is 2.27. The second-order valence-corrected chi connectivity index (χ2v) is 4.27. The minimum Gasteiger partial charge on any atom is -0.397 e. The van der Waals surface area contributed by atoms with Crippen LogP contribution >= 0.6 is 0 Å². The van der Waals surface area contributed by atoms with Crippen molar-refractivity contribution in [1.82, 2.24) is 4.98 Å². The van der Waals surface area contributed by atoms with E-state index in [4.69, 9.17) is 10.5 Å². The third kappa shape index (κ3) is 2.59. The Morgan fingerprint density at radius 3 is 2.73 bits per heavy atom. The molecule has 0 radical (unpaired) electrons. The number of anilines is 2. The molecule has 4 nitrogen and oxygen atoms in total. The molecule has 1 aliphatic heterocycles. The van der Waals surface area contributed by atoms with Crippen molar-refractivity contribution >= 4 is 11.5 Å². The number of rotatable bonds is 2. The number of nitrogens with zero attached hydrogens (tertiary/aromatic N) is 1. The zero-order valence-corrected chi connectivity index (χ0v) is 8.99. The third-order valence-corrected chi connectivity index (χ3v) is 2.81. The van der Waals surface area contributed by atoms with Gasteiger partial charge in [0.25, 0.3) is 0 Å². The van der Waals surface area contributed by atoms with Gasteiger partial charge in [0, 0.05) is 18.8 Å². The van der Waals surface area contributed by atoms with Crippen molar-refractivity contribution < 1.29 is 4.74 Å². The largest absolute Gasteiger partial charge is 0.397 e. The Hall–Kier alpha value is -1.29. The van der Waals surface area contributed by atoms with E-state index in [1.54, 1.807) is 6.20 Å². The van der Waals surface area contributed by atoms with Gasteiger partial charge in [-0.2, -0.15) is 0 Å². The van der Waals surface area contributed by atoms with E-state index in [2.05, 4.69) is 17.2 Å². The number of nitrogens with one attached hydrogen (secondary N) is 1. The first-order chi connectivity index (χ1) is 7.18. The molecule has 0 bridgehead atoms. The number of hydrogen-bond donors (Lipinski definition) is 2. The Bertz CT molecular complexity index is 317. The minimum atomic E-state index is 0.0986. The van der Waals surface area contributed by atoms with E-state index >= 15 is 0 Å². The van der Waals surface area contributed by atoms with Crippen molar-refractivity contribution in [3.63, 3.8) is 0 Å². The zero-order valence-electron chi connectivity index (χ0n) is 8.99. The second kappa shape index (κ2) is 4.06. The first-order valence-electron chi connectivity index (χ1n) is 5.25. The fraction of sp³-hybridized carbons (Fsp3) is 0.545. The van der Waals surface area contributed by atoms with Crippen LogP contribution in [0.2, 0.25) is 0 Å². The van der Waals surface area contributed by atoms with Crippen molar-refractivity contribution in [2.24, 2.45) is 0 Å². The van der Waals surface area contributed by atoms with E-state index in [-0.39, 0.29) is 5.54 Å². The number of nitrogens with two attached hydrogens (primary N) is 1. The van der Waals surface area contributed by atoms with Crippen LogP contribution in [0, 0.1) is 0 Å². The van der Waals surface area contributed by atoms with E-state index < -0.39 is 0 Å². The Balaban J connectivity index is 2.03. The molecule has 0 saturated carbocycles. The molecule has 0 spiro atoms. The van der Waals surface area contributed by atoms with Gasteiger partial charge in [-0.05, 0) is 31.9 Å². The fourth-order valence-corrected chi connectivity index (χ4v) is 1.74. The summed E-state index contributed by atoms with van der Waals surface area (Å²) in [5.41, 5.74) is 6.37. The molecule has 0 aliphatic carbocycles. The highest BCUT2D eigenvalue weighted by Crippen LogP contribution is 2.24. The molecule has 15 heavy (non-hydrogen) atoms. The first kappa shape index (κ1) is 10.2. The summed E-state index contributed by atoms with van der Waals surface area (Å²) in [7, 11) is 0. The van der Waals surface area contributed by atoms with Crippen molar-refractivity contribution in [3.05, 3.63) is 18.3 Å². The average molecular weight is 207 g/mol. The number of pyridine rings is 1. The lowest BCUT2D eigenvalue weighted by molar-refractivity contribution is 0.0657. The minimum absolute atomic E-state index is 0.0986. The molecule has 1 fully saturated rings. The lowest BCUT2D eigenvalue weighted by Gasteiger charge is -2.34. The average Bonchev–Trinajstić information content (AvgIpc) is 2.22. The number of ether oxygens (including phenoxy) is 1. The molecule has 0 amide bonds. The van der Waals surface area contributed by atoms with E-state index in [0.717, 1.165) is 31.9 Å². The third-order valence-electron chi connectivity index (χ3n) is 2.81. The molecular formula is C11H17N3O. The van der Waals surface area contributed by atoms with Crippen LogP contribution in [0.5, 0.6) is 0 Å². The molecule has 1 aromatic heterocycles. The maximum atomic E-state index is 5.58. The van der Waals surface area contributed by atoms with Crippen LogP contribution in [0.15, 0.2) is 18.3 Å². The topological polar surface area (TPSA) is 60.2 Å². The summed E-state index contributed by atoms with van der Waals surface area (Å²) in [4.78, 5) is 4.24. The Labute approximate surface area is 89.8 Å². The molecule has 3 N–H and O–H groups in total. The van der Waals surface area contributed by atoms with Gasteiger partial charge in [0.2, 0.25) is 0 Å². The van der Waals surface area contributed by atoms with E-state index in [9.17, 15) is 0 Å². The molecule has 2 rings (SSSR count). The van der Waals surface area contributed by atoms with Gasteiger partial charge >= 0.3 is 0 Å². The molecule has 0 unspecified atom stereocenters. The maximum absolute atomic E-state index is 5.58. The Kier molecular flexibility index (Phi) is 2.77. The van der Waals surface area contributed by atoms with Gasteiger partial charge < -0.3 is 15.8 Å². The maximum Gasteiger partial charge on any atom is 0.126 e. The predicted octanol–water partition coefficient (Wildman–Crippen LogP) is 1.64. The fourth-order valence-electron chi connectivity index (χ4n) is 1.74. The van der Waals surface area contributed by atoms with Crippen molar-refractivity contribution in [3.8, 4) is 0 Å². The van der Waals surface area contributed by atoms with Crippen molar-refractivity contribution in [2.45, 2.75) is 25.3 Å². The molecule has 4 heteroatoms. The van der Waals surface area contributed by atoms with Gasteiger partial charge in [0.1, 0.15) is 5.82 Å². The highest BCUT2D eigenvalue weighted by atomic mass is 16.5. The predicted molar refractivity (Wildman–Crippen MR) is 60.7 cm³/mol. The Morgan fingerprint density at radius 1 is 1.40 bits per heavy atom. The van der Waals surface area contributed by atoms with Crippen molar-refractivity contribution in [2.75, 3.05) is 24.3 Å². The number of hydrogen-bond acceptors (Lipinski definition) is 4. The summed E-state index contributed by atoms with van der Waals surface area (Å²) in [5.74, 6) is 0.883. The van der Waals surface area contributed by atoms with Gasteiger partial charge in [-0.25, -0.2) is 4.98 Å². The van der Waals surface area contributed by atoms with Crippen LogP contribution in [0.4, 0.5) is 11.5 Å². The molecule has 2 heterocycles. The molecule has 0 atom stereocenters. The summed E-state index contributed by atoms with van der Waals surface area (Å²) in [6, 6.07) is 3.77. The number of nitrogen functional groups attached to an aromatic ring is 1. The second-order valence-electron chi connectivity index (χ2n) is 4.27. The summed E-state index contributed by atoms with van der Waals surface area (Å²) in [5, 5.41) is 3.44. The molecule has 0 aromatic carbocycles. The normalized spacial score (nSPS) is 19.8. The summed E-state index contributed by atoms with van der Waals surface area (Å²) < 4.78 is 5.34. The van der Waals surface area contributed by atoms with Crippen LogP contribution in [0.1, 0.15) is 19.8 Å². The van der Waals surface area contributed by atoms with Gasteiger partial charge in [0.15, 0.2) is 0 Å². The monoisotopic (exact) mass is 207 g/mol. The highest BCUT2D eigenvalue weighted by molar-refractivity contribution is 5.45. The summed E-state index contributed by atoms with van der Waals surface area (Å²) in [6.45, 7) is 3.84. The molecular weight excluding hydrogens is 190 g/mol. The van der Waals surface area contributed by atoms with Crippen LogP contribution < -0.4 is 11.1 Å². The van der Waals surface area contributed by atoms with E-state index in [1.165, 1.54) is 0 Å². The molecule has 1 saturated heterocycles. The smallest absolute Gasteiger partial charge is 0.126 e. The summed E-state index contributed by atoms with van der Waals surface area (Å²) in [6.07, 6.45) is 3.70. The van der Waals surface area contributed by atoms with Crippen LogP contribution in [-0.4, -0.2) is 23.7 Å². The van der Waals surface area contributed by atoms with Crippen LogP contribution in [-0.2, 0) is 4.74 Å². The van der Waals surface area contributed by atoms with Crippen molar-refractivity contribution in [1.29, 1.82) is 0 Å². The molecule has 1 aliphatic rings. The molecule has 82 valence electrons. The van der Waals surface area contributed by atoms with Crippen LogP contribution in [0.3, 0.4) is 0 Å². The lowest BCUT2D eigenvalue weighted by atomic mass is 9.92. The zero-order chi connectivity index (χ0) is 10.7. The van der Waals surface area contributed by atoms with Crippen LogP contribution in [0.25, 0.3) is 0 Å². The SMILES string of the molecule is CC1(Nc2ccc(N)cn2)CCOCC1. The van der Waals surface area contributed by atoms with Gasteiger partial charge in [-0.3, -0.25) is 0 Å². The Morgan fingerprint density at radius 2 is 2.13 bits per heavy atom. The summed E-state index contributed by atoms with van der Waals surface area (Å²) >= 11 is 0. The first-order valence-corrected chi connectivity index (χ1v) is 5.25. The van der Waals surface area contributed by atoms with E-state index in [0.29, 0.717) is 5.69 Å². The van der Waals surface area contributed by atoms with Gasteiger partial charge in [-0.1, -0.05) is 0 Å².